The molecule has 1 rings (SSSR count). The fourth-order valence-electron chi connectivity index (χ4n) is 1.46. The van der Waals surface area contributed by atoms with E-state index < -0.39 is 0 Å². The molecule has 5 nitrogen and oxygen atoms in total. The lowest BCUT2D eigenvalue weighted by atomic mass is 10.2. The van der Waals surface area contributed by atoms with Crippen molar-refractivity contribution in [3.63, 3.8) is 0 Å². The van der Waals surface area contributed by atoms with Crippen LogP contribution in [0, 0.1) is 0 Å². The van der Waals surface area contributed by atoms with Gasteiger partial charge in [-0.1, -0.05) is 6.92 Å². The predicted octanol–water partition coefficient (Wildman–Crippen LogP) is 1.24. The molecule has 0 radical (unpaired) electrons. The first kappa shape index (κ1) is 12.4. The average molecular weight is 222 g/mol. The number of carbonyl (C=O) groups is 1. The van der Waals surface area contributed by atoms with Gasteiger partial charge in [0.2, 0.25) is 0 Å². The van der Waals surface area contributed by atoms with E-state index >= 15 is 0 Å². The Hall–Kier alpha value is -1.62. The van der Waals surface area contributed by atoms with Crippen molar-refractivity contribution in [3.8, 4) is 0 Å². The number of rotatable bonds is 5. The largest absolute Gasteiger partial charge is 0.339 e. The molecule has 0 aliphatic carbocycles. The fraction of sp³-hybridized carbons (Fsp3) is 0.455. The number of aromatic nitrogens is 1. The molecular formula is C11H18N4O. The maximum absolute atomic E-state index is 12.0. The normalized spacial score (nSPS) is 9.94. The highest BCUT2D eigenvalue weighted by Crippen LogP contribution is 2.07. The van der Waals surface area contributed by atoms with E-state index in [1.54, 1.807) is 17.0 Å². The van der Waals surface area contributed by atoms with Crippen LogP contribution >= 0.6 is 0 Å². The van der Waals surface area contributed by atoms with Crippen molar-refractivity contribution in [1.29, 1.82) is 0 Å². The Balaban J connectivity index is 2.78. The summed E-state index contributed by atoms with van der Waals surface area (Å²) in [6.07, 6.45) is 2.49. The van der Waals surface area contributed by atoms with Crippen LogP contribution in [0.2, 0.25) is 0 Å². The molecule has 0 saturated heterocycles. The Kier molecular flexibility index (Phi) is 4.72. The molecule has 0 aliphatic heterocycles. The molecule has 5 heteroatoms. The minimum absolute atomic E-state index is 0.0143. The molecule has 0 bridgehead atoms. The van der Waals surface area contributed by atoms with Crippen molar-refractivity contribution in [2.24, 2.45) is 5.84 Å². The summed E-state index contributed by atoms with van der Waals surface area (Å²) >= 11 is 0. The van der Waals surface area contributed by atoms with Gasteiger partial charge in [-0.25, -0.2) is 10.8 Å². The number of hydrogen-bond donors (Lipinski definition) is 2. The number of nitrogens with zero attached hydrogens (tertiary/aromatic N) is 2. The van der Waals surface area contributed by atoms with Gasteiger partial charge in [-0.2, -0.15) is 0 Å². The van der Waals surface area contributed by atoms with Crippen LogP contribution in [0.4, 0.5) is 5.82 Å². The van der Waals surface area contributed by atoms with Crippen LogP contribution in [0.1, 0.15) is 30.6 Å². The molecule has 3 N–H and O–H groups in total. The number of hydrogen-bond acceptors (Lipinski definition) is 4. The molecule has 0 atom stereocenters. The first-order chi connectivity index (χ1) is 7.72. The smallest absolute Gasteiger partial charge is 0.255 e. The first-order valence-corrected chi connectivity index (χ1v) is 5.44. The minimum atomic E-state index is 0.0143. The van der Waals surface area contributed by atoms with E-state index in [-0.39, 0.29) is 5.91 Å². The third-order valence-electron chi connectivity index (χ3n) is 2.32. The van der Waals surface area contributed by atoms with Gasteiger partial charge in [-0.05, 0) is 25.5 Å². The summed E-state index contributed by atoms with van der Waals surface area (Å²) in [4.78, 5) is 17.8. The molecule has 1 amide bonds. The number of carbonyl (C=O) groups excluding carboxylic acids is 1. The van der Waals surface area contributed by atoms with Crippen LogP contribution < -0.4 is 11.3 Å². The van der Waals surface area contributed by atoms with Crippen molar-refractivity contribution in [2.75, 3.05) is 18.5 Å². The van der Waals surface area contributed by atoms with E-state index in [0.29, 0.717) is 17.9 Å². The Morgan fingerprint density at radius 3 is 2.69 bits per heavy atom. The zero-order valence-corrected chi connectivity index (χ0v) is 9.73. The van der Waals surface area contributed by atoms with Crippen LogP contribution in [0.25, 0.3) is 0 Å². The van der Waals surface area contributed by atoms with Crippen LogP contribution in [0.15, 0.2) is 18.3 Å². The zero-order chi connectivity index (χ0) is 12.0. The Morgan fingerprint density at radius 2 is 2.25 bits per heavy atom. The first-order valence-electron chi connectivity index (χ1n) is 5.44. The summed E-state index contributed by atoms with van der Waals surface area (Å²) in [6.45, 7) is 5.50. The standard InChI is InChI=1S/C11H18N4O/c1-3-7-15(4-2)11(16)9-5-6-10(14-12)13-8-9/h5-6,8H,3-4,7,12H2,1-2H3,(H,13,14). The SMILES string of the molecule is CCCN(CC)C(=O)c1ccc(NN)nc1. The second-order valence-corrected chi connectivity index (χ2v) is 3.46. The van der Waals surface area contributed by atoms with Gasteiger partial charge in [-0.15, -0.1) is 0 Å². The summed E-state index contributed by atoms with van der Waals surface area (Å²) in [7, 11) is 0. The molecule has 88 valence electrons. The van der Waals surface area contributed by atoms with Gasteiger partial charge >= 0.3 is 0 Å². The molecule has 16 heavy (non-hydrogen) atoms. The number of nitrogens with two attached hydrogens (primary N) is 1. The summed E-state index contributed by atoms with van der Waals surface area (Å²) in [5.41, 5.74) is 3.02. The van der Waals surface area contributed by atoms with Gasteiger partial charge in [0.05, 0.1) is 5.56 Å². The maximum Gasteiger partial charge on any atom is 0.255 e. The summed E-state index contributed by atoms with van der Waals surface area (Å²) < 4.78 is 0. The van der Waals surface area contributed by atoms with E-state index in [1.165, 1.54) is 6.20 Å². The monoisotopic (exact) mass is 222 g/mol. The number of nitrogens with one attached hydrogen (secondary N) is 1. The van der Waals surface area contributed by atoms with Crippen molar-refractivity contribution in [3.05, 3.63) is 23.9 Å². The number of pyridine rings is 1. The molecule has 0 saturated carbocycles. The molecule has 1 heterocycles. The number of nitrogen functional groups attached to an aromatic ring is 1. The van der Waals surface area contributed by atoms with Crippen molar-refractivity contribution in [1.82, 2.24) is 9.88 Å². The molecule has 0 aromatic carbocycles. The second kappa shape index (κ2) is 6.07. The van der Waals surface area contributed by atoms with E-state index in [4.69, 9.17) is 5.84 Å². The highest BCUT2D eigenvalue weighted by molar-refractivity contribution is 5.94. The molecule has 0 spiro atoms. The third kappa shape index (κ3) is 2.93. The van der Waals surface area contributed by atoms with E-state index in [2.05, 4.69) is 17.3 Å². The van der Waals surface area contributed by atoms with Gasteiger partial charge in [0.1, 0.15) is 5.82 Å². The van der Waals surface area contributed by atoms with Crippen molar-refractivity contribution >= 4 is 11.7 Å². The number of hydrazine groups is 1. The molecule has 1 aromatic rings. The average Bonchev–Trinajstić information content (AvgIpc) is 2.35. The fourth-order valence-corrected chi connectivity index (χ4v) is 1.46. The van der Waals surface area contributed by atoms with Gasteiger partial charge < -0.3 is 10.3 Å². The lowest BCUT2D eigenvalue weighted by Crippen LogP contribution is -2.31. The van der Waals surface area contributed by atoms with Crippen LogP contribution in [-0.2, 0) is 0 Å². The molecular weight excluding hydrogens is 204 g/mol. The lowest BCUT2D eigenvalue weighted by molar-refractivity contribution is 0.0764. The number of amides is 1. The van der Waals surface area contributed by atoms with Gasteiger partial charge in [0.15, 0.2) is 0 Å². The predicted molar refractivity (Wildman–Crippen MR) is 63.9 cm³/mol. The molecule has 1 aromatic heterocycles. The zero-order valence-electron chi connectivity index (χ0n) is 9.73. The molecule has 0 aliphatic rings. The van der Waals surface area contributed by atoms with Crippen molar-refractivity contribution < 1.29 is 4.79 Å². The van der Waals surface area contributed by atoms with Crippen molar-refractivity contribution in [2.45, 2.75) is 20.3 Å². The Labute approximate surface area is 95.6 Å². The molecule has 0 unspecified atom stereocenters. The van der Waals surface area contributed by atoms with Crippen LogP contribution in [0.5, 0.6) is 0 Å². The van der Waals surface area contributed by atoms with E-state index in [9.17, 15) is 4.79 Å². The number of anilines is 1. The minimum Gasteiger partial charge on any atom is -0.339 e. The summed E-state index contributed by atoms with van der Waals surface area (Å²) in [5, 5.41) is 0. The van der Waals surface area contributed by atoms with Gasteiger partial charge in [0.25, 0.3) is 5.91 Å². The van der Waals surface area contributed by atoms with E-state index in [1.807, 2.05) is 6.92 Å². The highest BCUT2D eigenvalue weighted by atomic mass is 16.2. The Morgan fingerprint density at radius 1 is 1.50 bits per heavy atom. The highest BCUT2D eigenvalue weighted by Gasteiger charge is 2.13. The molecule has 0 fully saturated rings. The van der Waals surface area contributed by atoms with Gasteiger partial charge in [0, 0.05) is 19.3 Å². The van der Waals surface area contributed by atoms with Gasteiger partial charge in [-0.3, -0.25) is 4.79 Å². The maximum atomic E-state index is 12.0. The third-order valence-corrected chi connectivity index (χ3v) is 2.32. The topological polar surface area (TPSA) is 71.2 Å². The van der Waals surface area contributed by atoms with E-state index in [0.717, 1.165) is 13.0 Å². The van der Waals surface area contributed by atoms with Crippen LogP contribution in [0.3, 0.4) is 0 Å². The second-order valence-electron chi connectivity index (χ2n) is 3.46. The summed E-state index contributed by atoms with van der Waals surface area (Å²) in [5.74, 6) is 5.77. The summed E-state index contributed by atoms with van der Waals surface area (Å²) in [6, 6.07) is 3.41. The Bertz CT molecular complexity index is 336. The lowest BCUT2D eigenvalue weighted by Gasteiger charge is -2.19. The quantitative estimate of drug-likeness (QED) is 0.581. The van der Waals surface area contributed by atoms with Crippen LogP contribution in [-0.4, -0.2) is 28.9 Å².